The highest BCUT2D eigenvalue weighted by Gasteiger charge is 2.19. The second-order valence-electron chi connectivity index (χ2n) is 4.14. The maximum Gasteiger partial charge on any atom is 0.133 e. The lowest BCUT2D eigenvalue weighted by Crippen LogP contribution is -2.12. The first-order valence-corrected chi connectivity index (χ1v) is 5.60. The summed E-state index contributed by atoms with van der Waals surface area (Å²) in [6, 6.07) is 5.17. The Bertz CT molecular complexity index is 754. The normalized spacial score (nSPS) is 14.5. The van der Waals surface area contributed by atoms with Crippen LogP contribution in [0.4, 0.5) is 4.48 Å². The van der Waals surface area contributed by atoms with Gasteiger partial charge in [0.2, 0.25) is 0 Å². The summed E-state index contributed by atoms with van der Waals surface area (Å²) in [4.78, 5) is 0. The first kappa shape index (κ1) is 11.3. The van der Waals surface area contributed by atoms with Crippen LogP contribution in [0.25, 0.3) is 11.1 Å². The largest absolute Gasteiger partial charge is 0.506 e. The average Bonchev–Trinajstić information content (AvgIpc) is 2.76. The Labute approximate surface area is 108 Å². The van der Waals surface area contributed by atoms with Crippen molar-refractivity contribution in [3.63, 3.8) is 0 Å². The Morgan fingerprint density at radius 1 is 1.42 bits per heavy atom. The third kappa shape index (κ3) is 1.81. The number of nitriles is 1. The summed E-state index contributed by atoms with van der Waals surface area (Å²) in [6.07, 6.45) is 5.99. The Hall–Kier alpha value is -2.81. The fraction of sp³-hybridized carbons (Fsp3) is 0.0769. The topological polar surface area (TPSA) is 64.6 Å². The maximum atomic E-state index is 13.2. The highest BCUT2D eigenvalue weighted by atomic mass is 19.2. The van der Waals surface area contributed by atoms with Gasteiger partial charge >= 0.3 is 0 Å². The molecule has 0 atom stereocenters. The fourth-order valence-corrected chi connectivity index (χ4v) is 2.05. The molecule has 3 heterocycles. The number of nitrogens with zero attached hydrogens (tertiary/aromatic N) is 4. The summed E-state index contributed by atoms with van der Waals surface area (Å²) < 4.78 is 14.6. The molecule has 1 aliphatic rings. The molecule has 94 valence electrons. The van der Waals surface area contributed by atoms with Gasteiger partial charge in [0.1, 0.15) is 23.1 Å². The van der Waals surface area contributed by atoms with E-state index in [-0.39, 0.29) is 12.3 Å². The van der Waals surface area contributed by atoms with Crippen molar-refractivity contribution in [3.8, 4) is 11.8 Å². The molecule has 0 fully saturated rings. The Morgan fingerprint density at radius 3 is 3.00 bits per heavy atom. The van der Waals surface area contributed by atoms with E-state index < -0.39 is 0 Å². The molecule has 0 saturated carbocycles. The molecule has 19 heavy (non-hydrogen) atoms. The van der Waals surface area contributed by atoms with Crippen LogP contribution < -0.4 is 0 Å². The number of hydrogen-bond acceptors (Lipinski definition) is 4. The van der Waals surface area contributed by atoms with Crippen molar-refractivity contribution < 1.29 is 9.59 Å². The predicted molar refractivity (Wildman–Crippen MR) is 66.5 cm³/mol. The van der Waals surface area contributed by atoms with E-state index in [0.717, 1.165) is 0 Å². The molecule has 0 amide bonds. The van der Waals surface area contributed by atoms with Crippen molar-refractivity contribution in [2.75, 3.05) is 6.54 Å². The predicted octanol–water partition coefficient (Wildman–Crippen LogP) is 2.01. The fourth-order valence-electron chi connectivity index (χ4n) is 2.05. The molecule has 0 saturated heterocycles. The summed E-state index contributed by atoms with van der Waals surface area (Å²) >= 11 is 0. The third-order valence-corrected chi connectivity index (χ3v) is 2.90. The lowest BCUT2D eigenvalue weighted by molar-refractivity contribution is 0.108. The number of aromatic nitrogens is 2. The van der Waals surface area contributed by atoms with Gasteiger partial charge in [-0.3, -0.25) is 0 Å². The van der Waals surface area contributed by atoms with Crippen LogP contribution in [0.3, 0.4) is 0 Å². The molecule has 0 radical (unpaired) electrons. The average molecular weight is 256 g/mol. The Morgan fingerprint density at radius 2 is 2.26 bits per heavy atom. The van der Waals surface area contributed by atoms with Crippen LogP contribution >= 0.6 is 0 Å². The summed E-state index contributed by atoms with van der Waals surface area (Å²) in [7, 11) is 0. The van der Waals surface area contributed by atoms with Crippen LogP contribution in [0, 0.1) is 11.3 Å². The monoisotopic (exact) mass is 256 g/mol. The van der Waals surface area contributed by atoms with Gasteiger partial charge in [-0.15, -0.1) is 4.48 Å². The van der Waals surface area contributed by atoms with Crippen LogP contribution in [0.2, 0.25) is 0 Å². The zero-order valence-corrected chi connectivity index (χ0v) is 9.79. The van der Waals surface area contributed by atoms with E-state index in [9.17, 15) is 14.8 Å². The number of aromatic hydroxyl groups is 1. The molecule has 6 heteroatoms. The first-order chi connectivity index (χ1) is 9.19. The van der Waals surface area contributed by atoms with E-state index in [1.54, 1.807) is 18.2 Å². The van der Waals surface area contributed by atoms with Crippen LogP contribution in [-0.2, 0) is 0 Å². The number of allylic oxidation sites excluding steroid dienone is 2. The van der Waals surface area contributed by atoms with Gasteiger partial charge < -0.3 is 5.11 Å². The van der Waals surface area contributed by atoms with Crippen LogP contribution in [0.15, 0.2) is 36.7 Å². The van der Waals surface area contributed by atoms with Gasteiger partial charge in [0.05, 0.1) is 18.3 Å². The molecule has 0 spiro atoms. The van der Waals surface area contributed by atoms with E-state index in [4.69, 9.17) is 0 Å². The second-order valence-corrected chi connectivity index (χ2v) is 4.14. The van der Waals surface area contributed by atoms with E-state index in [1.807, 2.05) is 0 Å². The van der Waals surface area contributed by atoms with E-state index in [2.05, 4.69) is 11.2 Å². The van der Waals surface area contributed by atoms with Crippen LogP contribution in [0.1, 0.15) is 11.3 Å². The van der Waals surface area contributed by atoms with Gasteiger partial charge in [-0.25, -0.2) is 9.64 Å². The quantitative estimate of drug-likeness (QED) is 0.793. The van der Waals surface area contributed by atoms with Crippen molar-refractivity contribution >= 4 is 11.1 Å². The molecule has 1 N–H and O–H groups in total. The van der Waals surface area contributed by atoms with Crippen molar-refractivity contribution in [2.24, 2.45) is 0 Å². The number of fused-ring (bicyclic) bond motifs is 1. The van der Waals surface area contributed by atoms with Crippen molar-refractivity contribution in [1.29, 1.82) is 5.26 Å². The van der Waals surface area contributed by atoms with Crippen molar-refractivity contribution in [2.45, 2.75) is 0 Å². The molecule has 5 nitrogen and oxygen atoms in total. The molecule has 0 bridgehead atoms. The third-order valence-electron chi connectivity index (χ3n) is 2.90. The van der Waals surface area contributed by atoms with Gasteiger partial charge in [0, 0.05) is 11.8 Å². The SMILES string of the molecule is N#Cc1c(C2=CC=CN(F)C2)nn2cc(O)ccc12. The highest BCUT2D eigenvalue weighted by Crippen LogP contribution is 2.26. The molecule has 0 aliphatic carbocycles. The van der Waals surface area contributed by atoms with Crippen molar-refractivity contribution in [1.82, 2.24) is 14.7 Å². The molecule has 0 unspecified atom stereocenters. The van der Waals surface area contributed by atoms with Gasteiger partial charge in [-0.05, 0) is 18.2 Å². The number of hydrogen-bond donors (Lipinski definition) is 1. The Kier molecular flexibility index (Phi) is 2.46. The van der Waals surface area contributed by atoms with Crippen LogP contribution in [-0.4, -0.2) is 26.4 Å². The molecule has 2 aromatic rings. The van der Waals surface area contributed by atoms with Gasteiger partial charge in [0.15, 0.2) is 0 Å². The molecule has 2 aromatic heterocycles. The lowest BCUT2D eigenvalue weighted by Gasteiger charge is -2.13. The zero-order chi connectivity index (χ0) is 13.4. The van der Waals surface area contributed by atoms with E-state index >= 15 is 0 Å². The molecule has 1 aliphatic heterocycles. The van der Waals surface area contributed by atoms with Crippen molar-refractivity contribution in [3.05, 3.63) is 47.9 Å². The standard InChI is InChI=1S/C13H9FN4O/c14-17-5-1-2-9(7-17)13-11(6-15)12-4-3-10(19)8-18(12)16-13/h1-5,8,19H,7H2. The van der Waals surface area contributed by atoms with Crippen LogP contribution in [0.5, 0.6) is 5.75 Å². The summed E-state index contributed by atoms with van der Waals surface area (Å²) in [5.74, 6) is 0.0516. The molecular formula is C13H9FN4O. The van der Waals surface area contributed by atoms with Gasteiger partial charge in [-0.1, -0.05) is 6.08 Å². The summed E-state index contributed by atoms with van der Waals surface area (Å²) in [5, 5.41) is 23.4. The molecule has 0 aromatic carbocycles. The number of rotatable bonds is 1. The maximum absolute atomic E-state index is 13.2. The van der Waals surface area contributed by atoms with Gasteiger partial charge in [0.25, 0.3) is 0 Å². The Balaban J connectivity index is 2.22. The van der Waals surface area contributed by atoms with E-state index in [0.29, 0.717) is 27.5 Å². The minimum absolute atomic E-state index is 0.0427. The zero-order valence-electron chi connectivity index (χ0n) is 9.79. The minimum atomic E-state index is 0.0427. The smallest absolute Gasteiger partial charge is 0.133 e. The molecule has 3 rings (SSSR count). The van der Waals surface area contributed by atoms with Gasteiger partial charge in [-0.2, -0.15) is 10.4 Å². The summed E-state index contributed by atoms with van der Waals surface area (Å²) in [6.45, 7) is 0.0427. The lowest BCUT2D eigenvalue weighted by atomic mass is 10.1. The second kappa shape index (κ2) is 4.14. The highest BCUT2D eigenvalue weighted by molar-refractivity contribution is 5.78. The number of halogens is 1. The van der Waals surface area contributed by atoms with E-state index in [1.165, 1.54) is 23.0 Å². The summed E-state index contributed by atoms with van der Waals surface area (Å²) in [5.41, 5.74) is 2.00. The number of pyridine rings is 1. The molecular weight excluding hydrogens is 247 g/mol. The first-order valence-electron chi connectivity index (χ1n) is 5.60. The minimum Gasteiger partial charge on any atom is -0.506 e.